The summed E-state index contributed by atoms with van der Waals surface area (Å²) in [6.45, 7) is 4.36. The molecule has 7 nitrogen and oxygen atoms in total. The molecule has 2 N–H and O–H groups in total. The Morgan fingerprint density at radius 2 is 1.95 bits per heavy atom. The lowest BCUT2D eigenvalue weighted by Gasteiger charge is -2.60. The Bertz CT molecular complexity index is 1210. The number of rotatable bonds is 8. The molecule has 3 atom stereocenters. The lowest BCUT2D eigenvalue weighted by Crippen LogP contribution is -2.68. The van der Waals surface area contributed by atoms with E-state index in [4.69, 9.17) is 9.47 Å². The van der Waals surface area contributed by atoms with Gasteiger partial charge in [0.25, 0.3) is 0 Å². The van der Waals surface area contributed by atoms with Crippen LogP contribution in [-0.4, -0.2) is 60.3 Å². The molecule has 3 aliphatic rings. The van der Waals surface area contributed by atoms with Crippen LogP contribution in [0, 0.1) is 5.92 Å². The number of nitrogens with one attached hydrogen (secondary N) is 1. The molecular weight excluding hydrogens is 480 g/mol. The number of ether oxygens (including phenoxy) is 2. The number of phenolic OH excluding ortho intramolecular Hbond substituents is 1. The number of carbonyl (C=O) groups is 2. The molecule has 1 saturated heterocycles. The second-order valence-electron chi connectivity index (χ2n) is 11.2. The molecule has 7 heteroatoms. The smallest absolute Gasteiger partial charge is 0.308 e. The van der Waals surface area contributed by atoms with Gasteiger partial charge in [-0.15, -0.1) is 0 Å². The first-order valence-corrected chi connectivity index (χ1v) is 13.6. The van der Waals surface area contributed by atoms with E-state index in [1.165, 1.54) is 25.8 Å². The minimum absolute atomic E-state index is 0.0213. The second-order valence-corrected chi connectivity index (χ2v) is 11.2. The average molecular weight is 519 g/mol. The number of esters is 1. The zero-order valence-electron chi connectivity index (χ0n) is 22.3. The van der Waals surface area contributed by atoms with Crippen LogP contribution in [0.3, 0.4) is 0 Å². The Kier molecular flexibility index (Phi) is 7.59. The Morgan fingerprint density at radius 1 is 1.13 bits per heavy atom. The van der Waals surface area contributed by atoms with Gasteiger partial charge in [-0.2, -0.15) is 0 Å². The van der Waals surface area contributed by atoms with Crippen LogP contribution in [0.25, 0.3) is 6.08 Å². The van der Waals surface area contributed by atoms with Gasteiger partial charge in [0.1, 0.15) is 11.5 Å². The van der Waals surface area contributed by atoms with Crippen molar-refractivity contribution in [3.8, 4) is 11.5 Å². The number of nitrogens with zero attached hydrogens (tertiary/aromatic N) is 1. The highest BCUT2D eigenvalue weighted by Gasteiger charge is 2.59. The molecule has 5 rings (SSSR count). The van der Waals surface area contributed by atoms with E-state index in [9.17, 15) is 14.7 Å². The highest BCUT2D eigenvalue weighted by atomic mass is 16.5. The van der Waals surface area contributed by atoms with Crippen molar-refractivity contribution < 1.29 is 24.2 Å². The van der Waals surface area contributed by atoms with Gasteiger partial charge in [0.2, 0.25) is 5.91 Å². The number of hydrogen-bond donors (Lipinski definition) is 2. The Hall–Kier alpha value is -3.16. The van der Waals surface area contributed by atoms with Gasteiger partial charge in [0, 0.05) is 44.7 Å². The minimum atomic E-state index is -0.395. The van der Waals surface area contributed by atoms with Crippen LogP contribution in [0.1, 0.15) is 56.6 Å². The molecule has 38 heavy (non-hydrogen) atoms. The molecule has 2 aliphatic carbocycles. The fourth-order valence-electron chi connectivity index (χ4n) is 6.61. The van der Waals surface area contributed by atoms with Crippen molar-refractivity contribution in [3.05, 3.63) is 65.7 Å². The maximum Gasteiger partial charge on any atom is 0.308 e. The summed E-state index contributed by atoms with van der Waals surface area (Å²) in [6.07, 6.45) is 9.17. The van der Waals surface area contributed by atoms with Gasteiger partial charge >= 0.3 is 5.97 Å². The highest BCUT2D eigenvalue weighted by molar-refractivity contribution is 5.92. The SMILES string of the molecule is COC12CCC(NC(=O)/C=C/c3cccc(O)c3)CC1(c1cccc(OC(C)=O)c1)CCN(CC1CC1)C2. The first-order valence-electron chi connectivity index (χ1n) is 13.6. The van der Waals surface area contributed by atoms with Crippen LogP contribution in [0.5, 0.6) is 11.5 Å². The monoisotopic (exact) mass is 518 g/mol. The van der Waals surface area contributed by atoms with Gasteiger partial charge in [-0.1, -0.05) is 24.3 Å². The maximum absolute atomic E-state index is 12.9. The molecule has 0 radical (unpaired) electrons. The molecule has 0 spiro atoms. The number of hydrogen-bond acceptors (Lipinski definition) is 6. The maximum atomic E-state index is 12.9. The van der Waals surface area contributed by atoms with E-state index in [1.54, 1.807) is 24.3 Å². The van der Waals surface area contributed by atoms with Crippen LogP contribution in [0.2, 0.25) is 0 Å². The molecule has 2 aromatic carbocycles. The van der Waals surface area contributed by atoms with Crippen molar-refractivity contribution in [1.29, 1.82) is 0 Å². The lowest BCUT2D eigenvalue weighted by molar-refractivity contribution is -0.150. The van der Waals surface area contributed by atoms with Crippen LogP contribution < -0.4 is 10.1 Å². The Labute approximate surface area is 224 Å². The predicted octanol–water partition coefficient (Wildman–Crippen LogP) is 4.44. The largest absolute Gasteiger partial charge is 0.508 e. The number of amides is 1. The summed E-state index contributed by atoms with van der Waals surface area (Å²) < 4.78 is 11.9. The summed E-state index contributed by atoms with van der Waals surface area (Å²) >= 11 is 0. The van der Waals surface area contributed by atoms with Crippen molar-refractivity contribution in [1.82, 2.24) is 10.2 Å². The molecular formula is C31H38N2O5. The highest BCUT2D eigenvalue weighted by Crippen LogP contribution is 2.54. The van der Waals surface area contributed by atoms with E-state index in [-0.39, 0.29) is 29.1 Å². The molecule has 3 unspecified atom stereocenters. The molecule has 202 valence electrons. The van der Waals surface area contributed by atoms with E-state index in [0.29, 0.717) is 5.75 Å². The summed E-state index contributed by atoms with van der Waals surface area (Å²) in [7, 11) is 1.82. The van der Waals surface area contributed by atoms with Gasteiger partial charge in [0.05, 0.1) is 5.60 Å². The molecule has 2 saturated carbocycles. The second kappa shape index (κ2) is 10.9. The van der Waals surface area contributed by atoms with E-state index in [0.717, 1.165) is 62.4 Å². The fraction of sp³-hybridized carbons (Fsp3) is 0.484. The third kappa shape index (κ3) is 5.64. The lowest BCUT2D eigenvalue weighted by atomic mass is 9.55. The number of fused-ring (bicyclic) bond motifs is 1. The van der Waals surface area contributed by atoms with Crippen molar-refractivity contribution >= 4 is 18.0 Å². The molecule has 0 bridgehead atoms. The molecule has 1 amide bonds. The number of methoxy groups -OCH3 is 1. The number of piperidine rings is 1. The zero-order valence-corrected chi connectivity index (χ0v) is 22.3. The van der Waals surface area contributed by atoms with E-state index < -0.39 is 5.60 Å². The van der Waals surface area contributed by atoms with Crippen LogP contribution >= 0.6 is 0 Å². The van der Waals surface area contributed by atoms with Crippen molar-refractivity contribution in [2.45, 2.75) is 62.5 Å². The molecule has 3 fully saturated rings. The average Bonchev–Trinajstić information content (AvgIpc) is 3.71. The number of phenols is 1. The fourth-order valence-corrected chi connectivity index (χ4v) is 6.61. The Balaban J connectivity index is 1.40. The van der Waals surface area contributed by atoms with Gasteiger partial charge in [-0.05, 0) is 92.5 Å². The summed E-state index contributed by atoms with van der Waals surface area (Å²) in [4.78, 5) is 27.2. The summed E-state index contributed by atoms with van der Waals surface area (Å²) in [5.74, 6) is 1.01. The zero-order chi connectivity index (χ0) is 26.8. The number of benzene rings is 2. The normalized spacial score (nSPS) is 27.6. The standard InChI is InChI=1S/C31H38N2O5/c1-22(34)38-28-8-4-6-25(18-28)30-15-16-33(20-24-9-10-24)21-31(30,37-2)14-13-26(19-30)32-29(36)12-11-23-5-3-7-27(35)17-23/h3-8,11-12,17-18,24,26,35H,9-10,13-16,19-21H2,1-2H3,(H,32,36)/b12-11+. The van der Waals surface area contributed by atoms with E-state index >= 15 is 0 Å². The molecule has 1 heterocycles. The minimum Gasteiger partial charge on any atom is -0.508 e. The van der Waals surface area contributed by atoms with Gasteiger partial charge in [0.15, 0.2) is 0 Å². The topological polar surface area (TPSA) is 88.1 Å². The van der Waals surface area contributed by atoms with Crippen LogP contribution in [0.15, 0.2) is 54.6 Å². The predicted molar refractivity (Wildman–Crippen MR) is 146 cm³/mol. The number of aromatic hydroxyl groups is 1. The van der Waals surface area contributed by atoms with Crippen LogP contribution in [0.4, 0.5) is 0 Å². The van der Waals surface area contributed by atoms with Gasteiger partial charge < -0.3 is 24.8 Å². The van der Waals surface area contributed by atoms with E-state index in [1.807, 2.05) is 31.4 Å². The molecule has 0 aromatic heterocycles. The number of carbonyl (C=O) groups excluding carboxylic acids is 2. The molecule has 2 aromatic rings. The van der Waals surface area contributed by atoms with Crippen LogP contribution in [-0.2, 0) is 19.7 Å². The number of likely N-dealkylation sites (tertiary alicyclic amines) is 1. The third-order valence-electron chi connectivity index (χ3n) is 8.59. The third-order valence-corrected chi connectivity index (χ3v) is 8.59. The summed E-state index contributed by atoms with van der Waals surface area (Å²) in [6, 6.07) is 14.7. The first kappa shape index (κ1) is 26.4. The van der Waals surface area contributed by atoms with Crippen molar-refractivity contribution in [2.75, 3.05) is 26.7 Å². The van der Waals surface area contributed by atoms with Crippen molar-refractivity contribution in [2.24, 2.45) is 5.92 Å². The Morgan fingerprint density at radius 3 is 2.68 bits per heavy atom. The quantitative estimate of drug-likeness (QED) is 0.305. The first-order chi connectivity index (χ1) is 18.3. The van der Waals surface area contributed by atoms with Crippen molar-refractivity contribution in [3.63, 3.8) is 0 Å². The summed E-state index contributed by atoms with van der Waals surface area (Å²) in [5, 5.41) is 12.9. The van der Waals surface area contributed by atoms with Gasteiger partial charge in [-0.25, -0.2) is 0 Å². The molecule has 1 aliphatic heterocycles. The van der Waals surface area contributed by atoms with Gasteiger partial charge in [-0.3, -0.25) is 9.59 Å². The van der Waals surface area contributed by atoms with E-state index in [2.05, 4.69) is 16.3 Å². The summed E-state index contributed by atoms with van der Waals surface area (Å²) in [5.41, 5.74) is 1.14.